The molecule has 2 aliphatic rings. The molecule has 8 nitrogen and oxygen atoms in total. The predicted octanol–water partition coefficient (Wildman–Crippen LogP) is 3.54. The monoisotopic (exact) mass is 506 g/mol. The minimum absolute atomic E-state index is 0.161. The molecule has 2 atom stereocenters. The van der Waals surface area contributed by atoms with Gasteiger partial charge >= 0.3 is 0 Å². The summed E-state index contributed by atoms with van der Waals surface area (Å²) in [6, 6.07) is 16.0. The number of nitrogens with zero attached hydrogens (tertiary/aromatic N) is 4. The van der Waals surface area contributed by atoms with Gasteiger partial charge in [-0.3, -0.25) is 38.9 Å². The third-order valence-corrected chi connectivity index (χ3v) is 7.78. The van der Waals surface area contributed by atoms with Gasteiger partial charge in [0.1, 0.15) is 0 Å². The smallest absolute Gasteiger partial charge is 0.232 e. The minimum Gasteiger partial charge on any atom is -0.285 e. The standard InChI is InChI=1S/C30H26N4O4/c1-33-25(35)15-23(29(33)37)13-21-11-19(9-17-5-3-7-31-27(17)21)20-10-18-6-4-8-32-28(18)22(12-20)14-24-16-26(36)34(2)30(24)38/h3-12,23-24H,13-16H2,1-2H3. The maximum Gasteiger partial charge on any atom is 0.232 e. The van der Waals surface area contributed by atoms with Gasteiger partial charge in [0.05, 0.1) is 22.9 Å². The highest BCUT2D eigenvalue weighted by Gasteiger charge is 2.37. The lowest BCUT2D eigenvalue weighted by atomic mass is 9.90. The van der Waals surface area contributed by atoms with Crippen LogP contribution in [0.5, 0.6) is 0 Å². The number of fused-ring (bicyclic) bond motifs is 2. The van der Waals surface area contributed by atoms with Gasteiger partial charge in [-0.15, -0.1) is 0 Å². The predicted molar refractivity (Wildman–Crippen MR) is 142 cm³/mol. The molecule has 2 fully saturated rings. The molecule has 2 aliphatic heterocycles. The summed E-state index contributed by atoms with van der Waals surface area (Å²) >= 11 is 0. The molecule has 190 valence electrons. The van der Waals surface area contributed by atoms with Crippen LogP contribution in [0.2, 0.25) is 0 Å². The molecule has 0 N–H and O–H groups in total. The molecule has 2 aromatic heterocycles. The highest BCUT2D eigenvalue weighted by atomic mass is 16.2. The molecule has 8 heteroatoms. The van der Waals surface area contributed by atoms with Crippen LogP contribution in [0.25, 0.3) is 32.9 Å². The topological polar surface area (TPSA) is 101 Å². The van der Waals surface area contributed by atoms with Gasteiger partial charge in [0.2, 0.25) is 23.6 Å². The average Bonchev–Trinajstić information content (AvgIpc) is 3.31. The third kappa shape index (κ3) is 4.02. The summed E-state index contributed by atoms with van der Waals surface area (Å²) in [5.74, 6) is -1.47. The molecule has 38 heavy (non-hydrogen) atoms. The molecule has 4 aromatic rings. The number of likely N-dealkylation sites (tertiary alicyclic amines) is 2. The summed E-state index contributed by atoms with van der Waals surface area (Å²) < 4.78 is 0. The van der Waals surface area contributed by atoms with Crippen molar-refractivity contribution in [3.05, 3.63) is 72.1 Å². The number of benzene rings is 2. The molecule has 4 heterocycles. The van der Waals surface area contributed by atoms with Gasteiger partial charge < -0.3 is 0 Å². The Bertz CT molecular complexity index is 1540. The molecule has 0 radical (unpaired) electrons. The Morgan fingerprint density at radius 1 is 0.684 bits per heavy atom. The SMILES string of the molecule is CN1C(=O)CC(Cc2cc(-c3cc(CC4CC(=O)N(C)C4=O)c4ncccc4c3)cc3cccnc23)C1=O. The molecule has 2 unspecified atom stereocenters. The van der Waals surface area contributed by atoms with Crippen LogP contribution in [-0.2, 0) is 32.0 Å². The molecule has 2 saturated heterocycles. The Balaban J connectivity index is 1.45. The average molecular weight is 507 g/mol. The van der Waals surface area contributed by atoms with E-state index in [1.165, 1.54) is 23.9 Å². The van der Waals surface area contributed by atoms with Gasteiger partial charge in [-0.2, -0.15) is 0 Å². The lowest BCUT2D eigenvalue weighted by Gasteiger charge is -2.15. The molecule has 0 aliphatic carbocycles. The van der Waals surface area contributed by atoms with Crippen molar-refractivity contribution in [1.29, 1.82) is 0 Å². The normalized spacial score (nSPS) is 19.9. The van der Waals surface area contributed by atoms with E-state index >= 15 is 0 Å². The second-order valence-corrected chi connectivity index (χ2v) is 10.2. The van der Waals surface area contributed by atoms with Crippen LogP contribution < -0.4 is 0 Å². The van der Waals surface area contributed by atoms with Gasteiger partial charge in [-0.05, 0) is 71.5 Å². The molecule has 2 aromatic carbocycles. The van der Waals surface area contributed by atoms with Crippen LogP contribution >= 0.6 is 0 Å². The second-order valence-electron chi connectivity index (χ2n) is 10.2. The number of rotatable bonds is 5. The molecule has 6 rings (SSSR count). The Morgan fingerprint density at radius 2 is 1.11 bits per heavy atom. The van der Waals surface area contributed by atoms with Crippen molar-refractivity contribution < 1.29 is 19.2 Å². The van der Waals surface area contributed by atoms with Crippen LogP contribution in [0.15, 0.2) is 60.9 Å². The Morgan fingerprint density at radius 3 is 1.47 bits per heavy atom. The third-order valence-electron chi connectivity index (χ3n) is 7.78. The van der Waals surface area contributed by atoms with Crippen molar-refractivity contribution in [3.8, 4) is 11.1 Å². The van der Waals surface area contributed by atoms with Crippen molar-refractivity contribution in [2.75, 3.05) is 14.1 Å². The van der Waals surface area contributed by atoms with E-state index in [1.807, 2.05) is 36.4 Å². The molecule has 0 bridgehead atoms. The second kappa shape index (κ2) is 9.13. The number of hydrogen-bond donors (Lipinski definition) is 0. The molecule has 0 saturated carbocycles. The maximum absolute atomic E-state index is 12.7. The van der Waals surface area contributed by atoms with Crippen LogP contribution in [0.3, 0.4) is 0 Å². The first-order valence-corrected chi connectivity index (χ1v) is 12.7. The largest absolute Gasteiger partial charge is 0.285 e. The zero-order chi connectivity index (χ0) is 26.6. The summed E-state index contributed by atoms with van der Waals surface area (Å²) in [5, 5.41) is 1.88. The van der Waals surface area contributed by atoms with Crippen LogP contribution in [0.4, 0.5) is 0 Å². The van der Waals surface area contributed by atoms with Gasteiger partial charge in [0, 0.05) is 50.1 Å². The van der Waals surface area contributed by atoms with E-state index in [-0.39, 0.29) is 36.5 Å². The number of carbonyl (C=O) groups is 4. The summed E-state index contributed by atoms with van der Waals surface area (Å²) in [7, 11) is 3.06. The van der Waals surface area contributed by atoms with Crippen LogP contribution in [-0.4, -0.2) is 57.5 Å². The Kier molecular flexibility index (Phi) is 5.75. The first-order chi connectivity index (χ1) is 18.3. The van der Waals surface area contributed by atoms with E-state index in [2.05, 4.69) is 22.1 Å². The summed E-state index contributed by atoms with van der Waals surface area (Å²) in [4.78, 5) is 61.2. The zero-order valence-corrected chi connectivity index (χ0v) is 21.2. The van der Waals surface area contributed by atoms with Gasteiger partial charge in [-0.1, -0.05) is 12.1 Å². The van der Waals surface area contributed by atoms with Crippen molar-refractivity contribution >= 4 is 45.4 Å². The van der Waals surface area contributed by atoms with E-state index in [1.54, 1.807) is 12.4 Å². The zero-order valence-electron chi connectivity index (χ0n) is 21.2. The van der Waals surface area contributed by atoms with E-state index in [4.69, 9.17) is 0 Å². The lowest BCUT2D eigenvalue weighted by Crippen LogP contribution is -2.26. The van der Waals surface area contributed by atoms with Crippen molar-refractivity contribution in [3.63, 3.8) is 0 Å². The summed E-state index contributed by atoms with van der Waals surface area (Å²) in [6.07, 6.45) is 4.70. The molecular weight excluding hydrogens is 480 g/mol. The number of imide groups is 2. The lowest BCUT2D eigenvalue weighted by molar-refractivity contribution is -0.139. The molecule has 0 spiro atoms. The van der Waals surface area contributed by atoms with E-state index in [0.29, 0.717) is 12.8 Å². The first kappa shape index (κ1) is 23.9. The highest BCUT2D eigenvalue weighted by Crippen LogP contribution is 2.34. The number of aromatic nitrogens is 2. The summed E-state index contributed by atoms with van der Waals surface area (Å²) in [5.41, 5.74) is 5.34. The number of pyridine rings is 2. The quantitative estimate of drug-likeness (QED) is 0.384. The van der Waals surface area contributed by atoms with Gasteiger partial charge in [-0.25, -0.2) is 0 Å². The Hall–Kier alpha value is -4.46. The van der Waals surface area contributed by atoms with Gasteiger partial charge in [0.15, 0.2) is 0 Å². The molecule has 4 amide bonds. The van der Waals surface area contributed by atoms with Crippen LogP contribution in [0.1, 0.15) is 24.0 Å². The number of carbonyl (C=O) groups excluding carboxylic acids is 4. The molecular formula is C30H26N4O4. The number of hydrogen-bond acceptors (Lipinski definition) is 6. The minimum atomic E-state index is -0.410. The number of amides is 4. The maximum atomic E-state index is 12.7. The fourth-order valence-electron chi connectivity index (χ4n) is 5.69. The fourth-order valence-corrected chi connectivity index (χ4v) is 5.69. The van der Waals surface area contributed by atoms with E-state index < -0.39 is 11.8 Å². The van der Waals surface area contributed by atoms with E-state index in [9.17, 15) is 19.2 Å². The highest BCUT2D eigenvalue weighted by molar-refractivity contribution is 6.04. The van der Waals surface area contributed by atoms with Crippen molar-refractivity contribution in [2.45, 2.75) is 25.7 Å². The van der Waals surface area contributed by atoms with Crippen molar-refractivity contribution in [1.82, 2.24) is 19.8 Å². The van der Waals surface area contributed by atoms with Crippen molar-refractivity contribution in [2.24, 2.45) is 11.8 Å². The Labute approximate surface area is 219 Å². The van der Waals surface area contributed by atoms with Crippen LogP contribution in [0, 0.1) is 11.8 Å². The fraction of sp³-hybridized carbons (Fsp3) is 0.267. The van der Waals surface area contributed by atoms with Gasteiger partial charge in [0.25, 0.3) is 0 Å². The first-order valence-electron chi connectivity index (χ1n) is 12.7. The van der Waals surface area contributed by atoms with E-state index in [0.717, 1.165) is 44.1 Å². The summed E-state index contributed by atoms with van der Waals surface area (Å²) in [6.45, 7) is 0.